The molecule has 1 atom stereocenters. The maximum absolute atomic E-state index is 12.8. The molecular formula is C20H24N6O3S. The quantitative estimate of drug-likeness (QED) is 0.628. The van der Waals surface area contributed by atoms with E-state index in [1.807, 2.05) is 20.0 Å². The Morgan fingerprint density at radius 2 is 2.30 bits per heavy atom. The average molecular weight is 429 g/mol. The van der Waals surface area contributed by atoms with Gasteiger partial charge in [-0.05, 0) is 32.2 Å². The number of aliphatic carboxylic acids is 1. The summed E-state index contributed by atoms with van der Waals surface area (Å²) < 4.78 is 1.72. The van der Waals surface area contributed by atoms with Gasteiger partial charge in [-0.3, -0.25) is 19.5 Å². The van der Waals surface area contributed by atoms with E-state index in [0.29, 0.717) is 30.9 Å². The molecule has 0 saturated carbocycles. The predicted molar refractivity (Wildman–Crippen MR) is 118 cm³/mol. The van der Waals surface area contributed by atoms with Gasteiger partial charge in [0.2, 0.25) is 0 Å². The standard InChI is InChI=1S/C20H24N6O3S/c1-12(10-22-11-23-17-5-7-24-25(17)4)18(21-3)16-9-14-15(30-16)6-8-26(19(14)27)13(2)20(28)29/h5,7,9-10,13,23H,3,6,8,11H2,1-2,4H3,(H,28,29)/b18-12-,22-10?. The van der Waals surface area contributed by atoms with E-state index in [1.165, 1.54) is 23.2 Å². The Balaban J connectivity index is 1.77. The van der Waals surface area contributed by atoms with Gasteiger partial charge < -0.3 is 15.3 Å². The first-order valence-corrected chi connectivity index (χ1v) is 10.2. The number of allylic oxidation sites excluding steroid dienone is 1. The van der Waals surface area contributed by atoms with Crippen LogP contribution < -0.4 is 5.32 Å². The number of carboxylic acid groups (broad SMARTS) is 1. The Morgan fingerprint density at radius 1 is 1.53 bits per heavy atom. The Morgan fingerprint density at radius 3 is 2.93 bits per heavy atom. The monoisotopic (exact) mass is 428 g/mol. The van der Waals surface area contributed by atoms with Crippen molar-refractivity contribution in [2.75, 3.05) is 18.5 Å². The minimum atomic E-state index is -1.01. The van der Waals surface area contributed by atoms with E-state index in [9.17, 15) is 14.7 Å². The van der Waals surface area contributed by atoms with Gasteiger partial charge in [-0.1, -0.05) is 0 Å². The highest BCUT2D eigenvalue weighted by atomic mass is 32.1. The second-order valence-electron chi connectivity index (χ2n) is 6.89. The predicted octanol–water partition coefficient (Wildman–Crippen LogP) is 2.53. The molecule has 30 heavy (non-hydrogen) atoms. The molecule has 0 aliphatic carbocycles. The normalized spacial score (nSPS) is 15.7. The summed E-state index contributed by atoms with van der Waals surface area (Å²) in [6, 6.07) is 2.77. The molecule has 2 aromatic heterocycles. The second kappa shape index (κ2) is 9.04. The average Bonchev–Trinajstić information content (AvgIpc) is 3.32. The number of thiophene rings is 1. The van der Waals surface area contributed by atoms with Crippen molar-refractivity contribution < 1.29 is 14.7 Å². The molecule has 0 spiro atoms. The van der Waals surface area contributed by atoms with Crippen LogP contribution in [0.1, 0.15) is 34.0 Å². The molecule has 3 rings (SSSR count). The molecule has 0 bridgehead atoms. The molecule has 0 aromatic carbocycles. The second-order valence-corrected chi connectivity index (χ2v) is 8.02. The van der Waals surface area contributed by atoms with E-state index in [1.54, 1.807) is 23.2 Å². The van der Waals surface area contributed by atoms with Crippen LogP contribution in [0.5, 0.6) is 0 Å². The smallest absolute Gasteiger partial charge is 0.326 e. The van der Waals surface area contributed by atoms with Gasteiger partial charge in [-0.25, -0.2) is 4.79 Å². The number of aromatic nitrogens is 2. The van der Waals surface area contributed by atoms with E-state index < -0.39 is 12.0 Å². The number of nitrogens with zero attached hydrogens (tertiary/aromatic N) is 5. The minimum Gasteiger partial charge on any atom is -0.480 e. The van der Waals surface area contributed by atoms with Crippen LogP contribution in [-0.2, 0) is 18.3 Å². The Kier molecular flexibility index (Phi) is 6.46. The molecule has 0 radical (unpaired) electrons. The first kappa shape index (κ1) is 21.4. The van der Waals surface area contributed by atoms with Crippen LogP contribution in [0.4, 0.5) is 5.82 Å². The topological polar surface area (TPSA) is 112 Å². The molecule has 0 saturated heterocycles. The number of nitrogens with one attached hydrogen (secondary N) is 1. The Hall–Kier alpha value is -3.27. The maximum atomic E-state index is 12.8. The highest BCUT2D eigenvalue weighted by molar-refractivity contribution is 7.13. The van der Waals surface area contributed by atoms with Crippen molar-refractivity contribution >= 4 is 47.7 Å². The summed E-state index contributed by atoms with van der Waals surface area (Å²) in [5.74, 6) is -0.411. The third kappa shape index (κ3) is 4.33. The zero-order chi connectivity index (χ0) is 21.8. The lowest BCUT2D eigenvalue weighted by molar-refractivity contribution is -0.141. The van der Waals surface area contributed by atoms with Crippen LogP contribution in [0.15, 0.2) is 33.9 Å². The highest BCUT2D eigenvalue weighted by Gasteiger charge is 2.33. The third-order valence-corrected chi connectivity index (χ3v) is 6.13. The number of hydrogen-bond acceptors (Lipinski definition) is 7. The minimum absolute atomic E-state index is 0.260. The number of amides is 1. The van der Waals surface area contributed by atoms with Gasteiger partial charge in [-0.2, -0.15) is 5.10 Å². The van der Waals surface area contributed by atoms with Gasteiger partial charge in [0.15, 0.2) is 0 Å². The summed E-state index contributed by atoms with van der Waals surface area (Å²) in [7, 11) is 1.84. The molecule has 0 fully saturated rings. The van der Waals surface area contributed by atoms with Crippen molar-refractivity contribution in [3.8, 4) is 0 Å². The maximum Gasteiger partial charge on any atom is 0.326 e. The van der Waals surface area contributed by atoms with Crippen LogP contribution in [0.25, 0.3) is 5.70 Å². The number of aliphatic imine (C=N–C) groups is 2. The molecule has 2 aromatic rings. The van der Waals surface area contributed by atoms with Gasteiger partial charge in [0.1, 0.15) is 18.5 Å². The number of rotatable bonds is 8. The van der Waals surface area contributed by atoms with E-state index in [4.69, 9.17) is 0 Å². The van der Waals surface area contributed by atoms with Gasteiger partial charge in [-0.15, -0.1) is 11.3 Å². The number of aryl methyl sites for hydroxylation is 1. The van der Waals surface area contributed by atoms with Gasteiger partial charge >= 0.3 is 5.97 Å². The summed E-state index contributed by atoms with van der Waals surface area (Å²) in [4.78, 5) is 35.7. The van der Waals surface area contributed by atoms with Gasteiger partial charge in [0.05, 0.1) is 22.3 Å². The van der Waals surface area contributed by atoms with Crippen molar-refractivity contribution in [3.63, 3.8) is 0 Å². The van der Waals surface area contributed by atoms with Gasteiger partial charge in [0.25, 0.3) is 5.91 Å². The number of carboxylic acids is 1. The fourth-order valence-corrected chi connectivity index (χ4v) is 4.42. The zero-order valence-electron chi connectivity index (χ0n) is 17.1. The van der Waals surface area contributed by atoms with Crippen LogP contribution >= 0.6 is 11.3 Å². The summed E-state index contributed by atoms with van der Waals surface area (Å²) in [6.45, 7) is 7.84. The Labute approximate surface area is 178 Å². The molecule has 2 N–H and O–H groups in total. The molecule has 9 nitrogen and oxygen atoms in total. The zero-order valence-corrected chi connectivity index (χ0v) is 17.9. The van der Waals surface area contributed by atoms with Crippen LogP contribution in [0.2, 0.25) is 0 Å². The number of fused-ring (bicyclic) bond motifs is 1. The highest BCUT2D eigenvalue weighted by Crippen LogP contribution is 2.34. The van der Waals surface area contributed by atoms with Crippen molar-refractivity contribution in [2.24, 2.45) is 17.0 Å². The van der Waals surface area contributed by atoms with Crippen molar-refractivity contribution in [2.45, 2.75) is 26.3 Å². The number of carbonyl (C=O) groups excluding carboxylic acids is 1. The molecular weight excluding hydrogens is 404 g/mol. The third-order valence-electron chi connectivity index (χ3n) is 4.93. The summed E-state index contributed by atoms with van der Waals surface area (Å²) >= 11 is 1.49. The molecule has 1 aliphatic heterocycles. The van der Waals surface area contributed by atoms with Crippen molar-refractivity contribution in [1.29, 1.82) is 0 Å². The molecule has 1 aliphatic rings. The molecule has 1 amide bonds. The van der Waals surface area contributed by atoms with E-state index in [0.717, 1.165) is 21.1 Å². The summed E-state index contributed by atoms with van der Waals surface area (Å²) in [5.41, 5.74) is 2.01. The fraction of sp³-hybridized carbons (Fsp3) is 0.350. The largest absolute Gasteiger partial charge is 0.480 e. The van der Waals surface area contributed by atoms with E-state index >= 15 is 0 Å². The molecule has 158 valence electrons. The Bertz CT molecular complexity index is 1040. The lowest BCUT2D eigenvalue weighted by Crippen LogP contribution is -2.46. The summed E-state index contributed by atoms with van der Waals surface area (Å²) in [6.07, 6.45) is 4.04. The van der Waals surface area contributed by atoms with Crippen molar-refractivity contribution in [1.82, 2.24) is 14.7 Å². The number of anilines is 1. The molecule has 10 heteroatoms. The fourth-order valence-electron chi connectivity index (χ4n) is 3.21. The van der Waals surface area contributed by atoms with Crippen LogP contribution in [0.3, 0.4) is 0 Å². The van der Waals surface area contributed by atoms with Crippen LogP contribution in [-0.4, -0.2) is 63.9 Å². The molecule has 3 heterocycles. The number of carbonyl (C=O) groups is 2. The first-order valence-electron chi connectivity index (χ1n) is 9.39. The van der Waals surface area contributed by atoms with Crippen molar-refractivity contribution in [3.05, 3.63) is 39.2 Å². The molecule has 1 unspecified atom stereocenters. The van der Waals surface area contributed by atoms with Crippen LogP contribution in [0, 0.1) is 0 Å². The number of hydrogen-bond donors (Lipinski definition) is 2. The first-order chi connectivity index (χ1) is 14.3. The summed E-state index contributed by atoms with van der Waals surface area (Å²) in [5, 5.41) is 16.5. The lowest BCUT2D eigenvalue weighted by Gasteiger charge is -2.29. The van der Waals surface area contributed by atoms with E-state index in [2.05, 4.69) is 27.1 Å². The SMILES string of the molecule is C=N/C(=C(/C)C=NCNc1ccnn1C)c1cc2c(s1)CCN(C(C)C(=O)O)C2=O. The van der Waals surface area contributed by atoms with Gasteiger partial charge in [0, 0.05) is 37.2 Å². The lowest BCUT2D eigenvalue weighted by atomic mass is 10.1. The van der Waals surface area contributed by atoms with E-state index in [-0.39, 0.29) is 5.91 Å².